The molecule has 0 heterocycles. The van der Waals surface area contributed by atoms with Crippen molar-refractivity contribution in [2.45, 2.75) is 12.7 Å². The van der Waals surface area contributed by atoms with Crippen LogP contribution in [0.1, 0.15) is 6.92 Å². The molecule has 16 heavy (non-hydrogen) atoms. The van der Waals surface area contributed by atoms with Crippen LogP contribution >= 0.6 is 0 Å². The van der Waals surface area contributed by atoms with Gasteiger partial charge in [0.1, 0.15) is 0 Å². The molecule has 1 aliphatic rings. The molecule has 88 valence electrons. The van der Waals surface area contributed by atoms with Crippen LogP contribution in [0.2, 0.25) is 0 Å². The van der Waals surface area contributed by atoms with Crippen LogP contribution in [0, 0.1) is 0 Å². The van der Waals surface area contributed by atoms with Gasteiger partial charge < -0.3 is 14.2 Å². The zero-order valence-electron chi connectivity index (χ0n) is 9.70. The second-order valence-corrected chi connectivity index (χ2v) is 3.27. The number of hydrogen-bond donors (Lipinski definition) is 0. The molecule has 0 unspecified atom stereocenters. The number of allylic oxidation sites excluding steroid dienone is 2. The maximum absolute atomic E-state index is 11.6. The lowest BCUT2D eigenvalue weighted by Crippen LogP contribution is -2.39. The molecule has 0 atom stereocenters. The molecule has 0 aliphatic heterocycles. The van der Waals surface area contributed by atoms with Crippen molar-refractivity contribution in [2.75, 3.05) is 21.3 Å². The third-order valence-electron chi connectivity index (χ3n) is 2.41. The lowest BCUT2D eigenvalue weighted by atomic mass is 9.96. The van der Waals surface area contributed by atoms with Crippen molar-refractivity contribution in [3.63, 3.8) is 0 Å². The normalized spacial score (nSPS) is 18.9. The summed E-state index contributed by atoms with van der Waals surface area (Å²) in [6.45, 7) is 1.31. The first-order chi connectivity index (χ1) is 7.50. The van der Waals surface area contributed by atoms with Crippen molar-refractivity contribution < 1.29 is 23.8 Å². The van der Waals surface area contributed by atoms with Crippen LogP contribution in [0.5, 0.6) is 0 Å². The molecule has 0 N–H and O–H groups in total. The van der Waals surface area contributed by atoms with E-state index in [1.165, 1.54) is 40.4 Å². The number of hydrogen-bond acceptors (Lipinski definition) is 5. The molecule has 5 nitrogen and oxygen atoms in total. The van der Waals surface area contributed by atoms with Crippen LogP contribution in [0.25, 0.3) is 0 Å². The number of ketones is 2. The van der Waals surface area contributed by atoms with E-state index in [4.69, 9.17) is 14.2 Å². The standard InChI is InChI=1S/C11H14O5/c1-7(12)8-6-11(15-3,16-4)10(14-2)5-9(8)13/h5-6H,1-4H3. The van der Waals surface area contributed by atoms with E-state index in [0.29, 0.717) is 0 Å². The van der Waals surface area contributed by atoms with Crippen molar-refractivity contribution in [3.05, 3.63) is 23.5 Å². The first kappa shape index (κ1) is 12.6. The molecule has 0 aromatic heterocycles. The Kier molecular flexibility index (Phi) is 3.62. The smallest absolute Gasteiger partial charge is 0.248 e. The molecule has 1 rings (SSSR count). The summed E-state index contributed by atoms with van der Waals surface area (Å²) in [5.74, 6) is -1.83. The Bertz CT molecular complexity index is 374. The van der Waals surface area contributed by atoms with Crippen LogP contribution in [0.4, 0.5) is 0 Å². The number of carbonyl (C=O) groups excluding carboxylic acids is 2. The fraction of sp³-hybridized carbons (Fsp3) is 0.455. The highest BCUT2D eigenvalue weighted by Gasteiger charge is 2.40. The maximum atomic E-state index is 11.6. The maximum Gasteiger partial charge on any atom is 0.248 e. The molecule has 1 aliphatic carbocycles. The van der Waals surface area contributed by atoms with E-state index in [2.05, 4.69) is 0 Å². The second kappa shape index (κ2) is 4.59. The van der Waals surface area contributed by atoms with Gasteiger partial charge in [0.15, 0.2) is 17.3 Å². The Morgan fingerprint density at radius 3 is 2.19 bits per heavy atom. The molecule has 0 aromatic carbocycles. The minimum atomic E-state index is -1.30. The first-order valence-corrected chi connectivity index (χ1v) is 4.65. The Hall–Kier alpha value is -1.46. The van der Waals surface area contributed by atoms with Crippen molar-refractivity contribution in [1.82, 2.24) is 0 Å². The Balaban J connectivity index is 3.27. The SMILES string of the molecule is COC1=CC(=O)C(C(C)=O)=CC1(OC)OC. The molecule has 0 aromatic rings. The van der Waals surface area contributed by atoms with Crippen molar-refractivity contribution in [1.29, 1.82) is 0 Å². The molecule has 0 spiro atoms. The highest BCUT2D eigenvalue weighted by atomic mass is 16.7. The van der Waals surface area contributed by atoms with Gasteiger partial charge in [-0.15, -0.1) is 0 Å². The van der Waals surface area contributed by atoms with Gasteiger partial charge in [-0.05, 0) is 13.0 Å². The van der Waals surface area contributed by atoms with E-state index >= 15 is 0 Å². The Morgan fingerprint density at radius 1 is 1.25 bits per heavy atom. The van der Waals surface area contributed by atoms with E-state index < -0.39 is 11.6 Å². The number of rotatable bonds is 4. The van der Waals surface area contributed by atoms with E-state index in [9.17, 15) is 9.59 Å². The topological polar surface area (TPSA) is 61.8 Å². The average Bonchev–Trinajstić information content (AvgIpc) is 2.28. The van der Waals surface area contributed by atoms with Crippen LogP contribution in [-0.2, 0) is 23.8 Å². The van der Waals surface area contributed by atoms with Gasteiger partial charge in [0, 0.05) is 20.3 Å². The minimum Gasteiger partial charge on any atom is -0.495 e. The fourth-order valence-corrected chi connectivity index (χ4v) is 1.51. The third kappa shape index (κ3) is 1.91. The predicted octanol–water partition coefficient (Wildman–Crippen LogP) is 0.604. The van der Waals surface area contributed by atoms with E-state index in [1.807, 2.05) is 0 Å². The van der Waals surface area contributed by atoms with Crippen LogP contribution in [0.15, 0.2) is 23.5 Å². The monoisotopic (exact) mass is 226 g/mol. The number of carbonyl (C=O) groups is 2. The molecular weight excluding hydrogens is 212 g/mol. The van der Waals surface area contributed by atoms with Gasteiger partial charge in [-0.1, -0.05) is 0 Å². The summed E-state index contributed by atoms with van der Waals surface area (Å²) in [7, 11) is 4.21. The van der Waals surface area contributed by atoms with Gasteiger partial charge >= 0.3 is 0 Å². The zero-order chi connectivity index (χ0) is 12.3. The largest absolute Gasteiger partial charge is 0.495 e. The number of methoxy groups -OCH3 is 3. The van der Waals surface area contributed by atoms with E-state index in [-0.39, 0.29) is 17.1 Å². The lowest BCUT2D eigenvalue weighted by molar-refractivity contribution is -0.168. The molecule has 0 fully saturated rings. The van der Waals surface area contributed by atoms with Crippen molar-refractivity contribution >= 4 is 11.6 Å². The third-order valence-corrected chi connectivity index (χ3v) is 2.41. The van der Waals surface area contributed by atoms with Crippen LogP contribution in [0.3, 0.4) is 0 Å². The summed E-state index contributed by atoms with van der Waals surface area (Å²) in [5, 5.41) is 0. The van der Waals surface area contributed by atoms with Gasteiger partial charge in [-0.2, -0.15) is 0 Å². The summed E-state index contributed by atoms with van der Waals surface area (Å²) in [5.41, 5.74) is 0.0319. The van der Waals surface area contributed by atoms with E-state index in [0.717, 1.165) is 0 Å². The summed E-state index contributed by atoms with van der Waals surface area (Å²) in [4.78, 5) is 22.8. The van der Waals surface area contributed by atoms with E-state index in [1.54, 1.807) is 0 Å². The van der Waals surface area contributed by atoms with Gasteiger partial charge in [0.2, 0.25) is 5.79 Å². The quantitative estimate of drug-likeness (QED) is 0.519. The average molecular weight is 226 g/mol. The fourth-order valence-electron chi connectivity index (χ4n) is 1.51. The van der Waals surface area contributed by atoms with Crippen molar-refractivity contribution in [2.24, 2.45) is 0 Å². The van der Waals surface area contributed by atoms with Gasteiger partial charge in [-0.25, -0.2) is 0 Å². The molecule has 0 saturated heterocycles. The molecule has 5 heteroatoms. The first-order valence-electron chi connectivity index (χ1n) is 4.65. The predicted molar refractivity (Wildman–Crippen MR) is 55.6 cm³/mol. The number of Topliss-reactive ketones (excluding diaryl/α,β-unsaturated/α-hetero) is 1. The molecule has 0 bridgehead atoms. The summed E-state index contributed by atoms with van der Waals surface area (Å²) in [6, 6.07) is 0. The summed E-state index contributed by atoms with van der Waals surface area (Å²) in [6.07, 6.45) is 2.53. The van der Waals surface area contributed by atoms with Gasteiger partial charge in [-0.3, -0.25) is 9.59 Å². The molecule has 0 saturated carbocycles. The Labute approximate surface area is 93.7 Å². The van der Waals surface area contributed by atoms with Crippen LogP contribution < -0.4 is 0 Å². The second-order valence-electron chi connectivity index (χ2n) is 3.27. The van der Waals surface area contributed by atoms with Crippen LogP contribution in [-0.4, -0.2) is 38.7 Å². The number of ether oxygens (including phenoxy) is 3. The highest BCUT2D eigenvalue weighted by molar-refractivity contribution is 6.24. The molecule has 0 amide bonds. The van der Waals surface area contributed by atoms with Crippen molar-refractivity contribution in [3.8, 4) is 0 Å². The van der Waals surface area contributed by atoms with Gasteiger partial charge in [0.25, 0.3) is 0 Å². The highest BCUT2D eigenvalue weighted by Crippen LogP contribution is 2.30. The minimum absolute atomic E-state index is 0.0319. The summed E-state index contributed by atoms with van der Waals surface area (Å²) < 4.78 is 15.3. The van der Waals surface area contributed by atoms with Gasteiger partial charge in [0.05, 0.1) is 12.7 Å². The zero-order valence-corrected chi connectivity index (χ0v) is 9.70. The lowest BCUT2D eigenvalue weighted by Gasteiger charge is -2.31. The molecular formula is C11H14O5. The Morgan fingerprint density at radius 2 is 1.81 bits per heavy atom. The molecule has 0 radical (unpaired) electrons. The summed E-state index contributed by atoms with van der Waals surface area (Å²) >= 11 is 0.